The summed E-state index contributed by atoms with van der Waals surface area (Å²) >= 11 is 0. The van der Waals surface area contributed by atoms with Crippen molar-refractivity contribution in [1.29, 1.82) is 5.26 Å². The first-order valence-electron chi connectivity index (χ1n) is 11.3. The van der Waals surface area contributed by atoms with Gasteiger partial charge < -0.3 is 14.5 Å². The van der Waals surface area contributed by atoms with E-state index in [9.17, 15) is 9.59 Å². The predicted molar refractivity (Wildman–Crippen MR) is 122 cm³/mol. The van der Waals surface area contributed by atoms with E-state index in [1.165, 1.54) is 0 Å². The summed E-state index contributed by atoms with van der Waals surface area (Å²) in [5.41, 5.74) is 2.74. The molecule has 166 valence electrons. The smallest absolute Gasteiger partial charge is 0.253 e. The van der Waals surface area contributed by atoms with Crippen LogP contribution in [0, 0.1) is 23.2 Å². The van der Waals surface area contributed by atoms with Crippen LogP contribution in [0.15, 0.2) is 48.5 Å². The van der Waals surface area contributed by atoms with Crippen molar-refractivity contribution in [3.05, 3.63) is 54.1 Å². The van der Waals surface area contributed by atoms with Crippen LogP contribution in [-0.4, -0.2) is 54.9 Å². The Morgan fingerprint density at radius 2 is 1.56 bits per heavy atom. The number of hydrogen-bond donors (Lipinski definition) is 0. The highest BCUT2D eigenvalue weighted by Crippen LogP contribution is 2.26. The molecule has 0 bridgehead atoms. The fraction of sp³-hybridized carbons (Fsp3) is 0.423. The molecular weight excluding hydrogens is 402 g/mol. The molecule has 2 saturated heterocycles. The van der Waals surface area contributed by atoms with E-state index in [4.69, 9.17) is 10.00 Å². The van der Waals surface area contributed by atoms with Gasteiger partial charge in [0, 0.05) is 43.6 Å². The number of nitrogens with zero attached hydrogens (tertiary/aromatic N) is 3. The van der Waals surface area contributed by atoms with Gasteiger partial charge in [0.2, 0.25) is 5.91 Å². The lowest BCUT2D eigenvalue weighted by Gasteiger charge is -2.36. The molecule has 0 radical (unpaired) electrons. The molecule has 0 N–H and O–H groups in total. The summed E-state index contributed by atoms with van der Waals surface area (Å²) < 4.78 is 5.29. The van der Waals surface area contributed by atoms with Crippen LogP contribution < -0.4 is 4.74 Å². The molecule has 2 fully saturated rings. The van der Waals surface area contributed by atoms with E-state index in [-0.39, 0.29) is 23.7 Å². The number of nitriles is 1. The third kappa shape index (κ3) is 4.77. The average Bonchev–Trinajstić information content (AvgIpc) is 2.88. The third-order valence-corrected chi connectivity index (χ3v) is 6.66. The summed E-state index contributed by atoms with van der Waals surface area (Å²) in [6.45, 7) is 2.55. The second kappa shape index (κ2) is 9.86. The molecule has 2 amide bonds. The van der Waals surface area contributed by atoms with Crippen molar-refractivity contribution in [1.82, 2.24) is 9.80 Å². The van der Waals surface area contributed by atoms with Crippen molar-refractivity contribution in [3.8, 4) is 22.9 Å². The minimum absolute atomic E-state index is 0.0166. The monoisotopic (exact) mass is 431 g/mol. The molecule has 0 atom stereocenters. The highest BCUT2D eigenvalue weighted by Gasteiger charge is 2.32. The van der Waals surface area contributed by atoms with Crippen molar-refractivity contribution in [2.24, 2.45) is 11.8 Å². The Morgan fingerprint density at radius 3 is 2.19 bits per heavy atom. The van der Waals surface area contributed by atoms with Crippen LogP contribution >= 0.6 is 0 Å². The molecule has 0 aliphatic carbocycles. The largest absolute Gasteiger partial charge is 0.497 e. The van der Waals surface area contributed by atoms with Crippen molar-refractivity contribution in [3.63, 3.8) is 0 Å². The third-order valence-electron chi connectivity index (χ3n) is 6.66. The minimum atomic E-state index is -0.0203. The van der Waals surface area contributed by atoms with E-state index >= 15 is 0 Å². The summed E-state index contributed by atoms with van der Waals surface area (Å²) in [4.78, 5) is 29.6. The van der Waals surface area contributed by atoms with Gasteiger partial charge in [0.25, 0.3) is 5.91 Å². The first-order valence-corrected chi connectivity index (χ1v) is 11.3. The van der Waals surface area contributed by atoms with E-state index in [2.05, 4.69) is 6.07 Å². The van der Waals surface area contributed by atoms with Crippen LogP contribution in [-0.2, 0) is 4.79 Å². The molecule has 2 aromatic rings. The summed E-state index contributed by atoms with van der Waals surface area (Å²) in [7, 11) is 1.65. The summed E-state index contributed by atoms with van der Waals surface area (Å²) in [6, 6.07) is 17.8. The van der Waals surface area contributed by atoms with Gasteiger partial charge in [-0.25, -0.2) is 0 Å². The van der Waals surface area contributed by atoms with Crippen molar-refractivity contribution >= 4 is 11.8 Å². The van der Waals surface area contributed by atoms with Crippen LogP contribution in [0.5, 0.6) is 5.75 Å². The van der Waals surface area contributed by atoms with E-state index in [1.807, 2.05) is 58.3 Å². The number of ether oxygens (including phenoxy) is 1. The molecular formula is C26H29N3O3. The molecule has 0 aromatic heterocycles. The van der Waals surface area contributed by atoms with Crippen LogP contribution in [0.1, 0.15) is 36.0 Å². The zero-order valence-corrected chi connectivity index (χ0v) is 18.5. The van der Waals surface area contributed by atoms with Gasteiger partial charge in [-0.15, -0.1) is 0 Å². The quantitative estimate of drug-likeness (QED) is 0.734. The number of hydrogen-bond acceptors (Lipinski definition) is 4. The molecule has 0 unspecified atom stereocenters. The minimum Gasteiger partial charge on any atom is -0.497 e. The second-order valence-corrected chi connectivity index (χ2v) is 8.60. The van der Waals surface area contributed by atoms with E-state index in [0.717, 1.165) is 29.7 Å². The van der Waals surface area contributed by atoms with Gasteiger partial charge in [0.15, 0.2) is 0 Å². The Hall–Kier alpha value is -3.33. The average molecular weight is 432 g/mol. The number of amides is 2. The van der Waals surface area contributed by atoms with Gasteiger partial charge in [-0.1, -0.05) is 24.3 Å². The first-order chi connectivity index (χ1) is 15.6. The molecule has 2 aliphatic heterocycles. The number of piperidine rings is 2. The van der Waals surface area contributed by atoms with Crippen LogP contribution in [0.3, 0.4) is 0 Å². The zero-order valence-electron chi connectivity index (χ0n) is 18.5. The maximum Gasteiger partial charge on any atom is 0.253 e. The lowest BCUT2D eigenvalue weighted by molar-refractivity contribution is -0.138. The SMILES string of the molecule is COc1cccc(-c2ccc(C(=O)N3CCC(C(=O)N4CCC(C#N)CC4)CC3)cc2)c1. The Bertz CT molecular complexity index is 996. The maximum atomic E-state index is 13.0. The Morgan fingerprint density at radius 1 is 0.906 bits per heavy atom. The lowest BCUT2D eigenvalue weighted by Crippen LogP contribution is -2.46. The zero-order chi connectivity index (χ0) is 22.5. The van der Waals surface area contributed by atoms with Gasteiger partial charge in [0.05, 0.1) is 13.2 Å². The highest BCUT2D eigenvalue weighted by atomic mass is 16.5. The topological polar surface area (TPSA) is 73.6 Å². The van der Waals surface area contributed by atoms with Crippen molar-refractivity contribution in [2.75, 3.05) is 33.3 Å². The highest BCUT2D eigenvalue weighted by molar-refractivity contribution is 5.95. The second-order valence-electron chi connectivity index (χ2n) is 8.60. The molecule has 6 nitrogen and oxygen atoms in total. The molecule has 6 heteroatoms. The standard InChI is InChI=1S/C26H29N3O3/c1-32-24-4-2-3-23(17-24)20-5-7-21(8-6-20)25(30)29-15-11-22(12-16-29)26(31)28-13-9-19(18-27)10-14-28/h2-8,17,19,22H,9-16H2,1H3. The molecule has 2 aromatic carbocycles. The predicted octanol–water partition coefficient (Wildman–Crippen LogP) is 3.98. The molecule has 4 rings (SSSR count). The van der Waals surface area contributed by atoms with E-state index < -0.39 is 0 Å². The van der Waals surface area contributed by atoms with Gasteiger partial charge in [-0.3, -0.25) is 9.59 Å². The van der Waals surface area contributed by atoms with Crippen LogP contribution in [0.2, 0.25) is 0 Å². The summed E-state index contributed by atoms with van der Waals surface area (Å²) in [5, 5.41) is 9.04. The normalized spacial score (nSPS) is 17.6. The number of carbonyl (C=O) groups is 2. The lowest BCUT2D eigenvalue weighted by atomic mass is 9.92. The molecule has 0 spiro atoms. The Balaban J connectivity index is 1.32. The fourth-order valence-corrected chi connectivity index (χ4v) is 4.61. The van der Waals surface area contributed by atoms with Gasteiger partial charge >= 0.3 is 0 Å². The Kier molecular flexibility index (Phi) is 6.75. The van der Waals surface area contributed by atoms with Gasteiger partial charge in [-0.05, 0) is 61.1 Å². The number of benzene rings is 2. The number of carbonyl (C=O) groups excluding carboxylic acids is 2. The van der Waals surface area contributed by atoms with E-state index in [1.54, 1.807) is 7.11 Å². The van der Waals surface area contributed by atoms with Crippen LogP contribution in [0.4, 0.5) is 0 Å². The number of likely N-dealkylation sites (tertiary alicyclic amines) is 2. The summed E-state index contributed by atoms with van der Waals surface area (Å²) in [5.74, 6) is 1.07. The van der Waals surface area contributed by atoms with Crippen molar-refractivity contribution < 1.29 is 14.3 Å². The van der Waals surface area contributed by atoms with Crippen LogP contribution in [0.25, 0.3) is 11.1 Å². The van der Waals surface area contributed by atoms with E-state index in [0.29, 0.717) is 44.6 Å². The van der Waals surface area contributed by atoms with Gasteiger partial charge in [-0.2, -0.15) is 5.26 Å². The van der Waals surface area contributed by atoms with Gasteiger partial charge in [0.1, 0.15) is 5.75 Å². The maximum absolute atomic E-state index is 13.0. The van der Waals surface area contributed by atoms with Crippen molar-refractivity contribution in [2.45, 2.75) is 25.7 Å². The fourth-order valence-electron chi connectivity index (χ4n) is 4.61. The Labute approximate surface area is 189 Å². The molecule has 32 heavy (non-hydrogen) atoms. The molecule has 2 heterocycles. The number of methoxy groups -OCH3 is 1. The molecule has 2 aliphatic rings. The first kappa shape index (κ1) is 21.9. The number of rotatable bonds is 4. The summed E-state index contributed by atoms with van der Waals surface area (Å²) in [6.07, 6.45) is 2.94. The molecule has 0 saturated carbocycles.